The molecule has 7 nitrogen and oxygen atoms in total. The maximum Gasteiger partial charge on any atom is 0.420 e. The van der Waals surface area contributed by atoms with Crippen molar-refractivity contribution in [1.29, 1.82) is 0 Å². The molecular weight excluding hydrogens is 411 g/mol. The van der Waals surface area contributed by atoms with E-state index in [1.165, 1.54) is 23.5 Å². The van der Waals surface area contributed by atoms with E-state index in [-0.39, 0.29) is 22.5 Å². The summed E-state index contributed by atoms with van der Waals surface area (Å²) < 4.78 is 47.7. The van der Waals surface area contributed by atoms with Crippen molar-refractivity contribution >= 4 is 23.2 Å². The first kappa shape index (κ1) is 19.7. The fourth-order valence-electron chi connectivity index (χ4n) is 3.46. The molecule has 0 bridgehead atoms. The van der Waals surface area contributed by atoms with Crippen LogP contribution in [0.3, 0.4) is 0 Å². The topological polar surface area (TPSA) is 75.5 Å². The number of nitrogens with one attached hydrogen (secondary N) is 1. The highest BCUT2D eigenvalue weighted by atomic mass is 35.5. The number of carbonyl (C=O) groups excluding carboxylic acids is 1. The van der Waals surface area contributed by atoms with Gasteiger partial charge < -0.3 is 9.64 Å². The van der Waals surface area contributed by atoms with Gasteiger partial charge in [-0.3, -0.25) is 14.3 Å². The zero-order chi connectivity index (χ0) is 20.8. The second kappa shape index (κ2) is 7.34. The van der Waals surface area contributed by atoms with Crippen LogP contribution in [0.4, 0.5) is 13.2 Å². The molecule has 0 saturated carbocycles. The van der Waals surface area contributed by atoms with Crippen LogP contribution in [0.1, 0.15) is 29.4 Å². The summed E-state index contributed by atoms with van der Waals surface area (Å²) in [5, 5.41) is 6.16. The largest absolute Gasteiger partial charge is 0.420 e. The van der Waals surface area contributed by atoms with Crippen molar-refractivity contribution in [3.05, 3.63) is 41.1 Å². The van der Waals surface area contributed by atoms with E-state index >= 15 is 0 Å². The SMILES string of the molecule is CCOC1CCN(C(=O)c2nc3c(C(F)(F)F)cc(-c4cn[nH]c4)cn3c2Cl)C1. The fourth-order valence-corrected chi connectivity index (χ4v) is 3.71. The first-order chi connectivity index (χ1) is 13.8. The first-order valence-corrected chi connectivity index (χ1v) is 9.36. The lowest BCUT2D eigenvalue weighted by Crippen LogP contribution is -2.30. The van der Waals surface area contributed by atoms with Gasteiger partial charge in [-0.25, -0.2) is 4.98 Å². The lowest BCUT2D eigenvalue weighted by Gasteiger charge is -2.15. The van der Waals surface area contributed by atoms with Crippen molar-refractivity contribution in [3.8, 4) is 11.1 Å². The number of nitrogens with zero attached hydrogens (tertiary/aromatic N) is 4. The molecule has 1 atom stereocenters. The van der Waals surface area contributed by atoms with Gasteiger partial charge in [0, 0.05) is 43.2 Å². The molecule has 4 heterocycles. The van der Waals surface area contributed by atoms with Crippen LogP contribution < -0.4 is 0 Å². The number of alkyl halides is 3. The Kier molecular flexibility index (Phi) is 4.99. The third-order valence-electron chi connectivity index (χ3n) is 4.84. The summed E-state index contributed by atoms with van der Waals surface area (Å²) in [6.07, 6.45) is 0.159. The van der Waals surface area contributed by atoms with Crippen LogP contribution in [0.25, 0.3) is 16.8 Å². The number of hydrogen-bond acceptors (Lipinski definition) is 4. The van der Waals surface area contributed by atoms with Crippen molar-refractivity contribution < 1.29 is 22.7 Å². The van der Waals surface area contributed by atoms with E-state index in [0.717, 1.165) is 10.5 Å². The van der Waals surface area contributed by atoms with E-state index in [0.29, 0.717) is 31.7 Å². The first-order valence-electron chi connectivity index (χ1n) is 8.98. The highest BCUT2D eigenvalue weighted by molar-refractivity contribution is 6.33. The summed E-state index contributed by atoms with van der Waals surface area (Å²) in [7, 11) is 0. The van der Waals surface area contributed by atoms with Gasteiger partial charge in [-0.2, -0.15) is 18.3 Å². The van der Waals surface area contributed by atoms with Crippen LogP contribution in [0, 0.1) is 0 Å². The average Bonchev–Trinajstić information content (AvgIpc) is 3.41. The number of rotatable bonds is 4. The van der Waals surface area contributed by atoms with Crippen molar-refractivity contribution in [2.75, 3.05) is 19.7 Å². The summed E-state index contributed by atoms with van der Waals surface area (Å²) in [6, 6.07) is 0.971. The number of fused-ring (bicyclic) bond motifs is 1. The Morgan fingerprint density at radius 3 is 2.86 bits per heavy atom. The highest BCUT2D eigenvalue weighted by Crippen LogP contribution is 2.37. The lowest BCUT2D eigenvalue weighted by atomic mass is 10.1. The zero-order valence-corrected chi connectivity index (χ0v) is 16.1. The molecule has 1 unspecified atom stereocenters. The van der Waals surface area contributed by atoms with Crippen LogP contribution in [0.15, 0.2) is 24.7 Å². The number of likely N-dealkylation sites (tertiary alicyclic amines) is 1. The minimum Gasteiger partial charge on any atom is -0.377 e. The standard InChI is InChI=1S/C18H17ClF3N5O2/c1-2-29-12-3-4-26(9-12)17(28)14-15(19)27-8-10(11-6-23-24-7-11)5-13(16(27)25-14)18(20,21)22/h5-8,12H,2-4,9H2,1H3,(H,23,24). The number of aromatic amines is 1. The molecule has 1 amide bonds. The number of aromatic nitrogens is 4. The van der Waals surface area contributed by atoms with Crippen molar-refractivity contribution in [1.82, 2.24) is 24.5 Å². The number of ether oxygens (including phenoxy) is 1. The Bertz CT molecular complexity index is 1050. The highest BCUT2D eigenvalue weighted by Gasteiger charge is 2.37. The number of pyridine rings is 1. The molecule has 1 aliphatic heterocycles. The van der Waals surface area contributed by atoms with Crippen LogP contribution in [-0.4, -0.2) is 56.2 Å². The van der Waals surface area contributed by atoms with Gasteiger partial charge in [0.15, 0.2) is 11.3 Å². The Labute approximate surface area is 168 Å². The Morgan fingerprint density at radius 2 is 2.21 bits per heavy atom. The van der Waals surface area contributed by atoms with Gasteiger partial charge in [0.1, 0.15) is 5.15 Å². The van der Waals surface area contributed by atoms with Crippen molar-refractivity contribution in [2.45, 2.75) is 25.6 Å². The van der Waals surface area contributed by atoms with Gasteiger partial charge >= 0.3 is 6.18 Å². The normalized spacial score (nSPS) is 17.4. The minimum absolute atomic E-state index is 0.0989. The molecule has 0 spiro atoms. The van der Waals surface area contributed by atoms with Gasteiger partial charge in [0.2, 0.25) is 0 Å². The van der Waals surface area contributed by atoms with Gasteiger partial charge in [-0.1, -0.05) is 11.6 Å². The fraction of sp³-hybridized carbons (Fsp3) is 0.389. The maximum absolute atomic E-state index is 13.7. The second-order valence-corrected chi connectivity index (χ2v) is 7.05. The van der Waals surface area contributed by atoms with E-state index in [9.17, 15) is 18.0 Å². The summed E-state index contributed by atoms with van der Waals surface area (Å²) in [6.45, 7) is 3.16. The van der Waals surface area contributed by atoms with E-state index < -0.39 is 23.3 Å². The van der Waals surface area contributed by atoms with E-state index in [2.05, 4.69) is 15.2 Å². The molecule has 0 aromatic carbocycles. The van der Waals surface area contributed by atoms with Crippen molar-refractivity contribution in [2.24, 2.45) is 0 Å². The summed E-state index contributed by atoms with van der Waals surface area (Å²) in [4.78, 5) is 18.3. The van der Waals surface area contributed by atoms with Crippen molar-refractivity contribution in [3.63, 3.8) is 0 Å². The lowest BCUT2D eigenvalue weighted by molar-refractivity contribution is -0.136. The Balaban J connectivity index is 1.79. The third kappa shape index (κ3) is 3.58. The van der Waals surface area contributed by atoms with E-state index in [4.69, 9.17) is 16.3 Å². The Hall–Kier alpha value is -2.59. The Morgan fingerprint density at radius 1 is 1.41 bits per heavy atom. The number of amides is 1. The monoisotopic (exact) mass is 427 g/mol. The average molecular weight is 428 g/mol. The molecular formula is C18H17ClF3N5O2. The van der Waals surface area contributed by atoms with Gasteiger partial charge in [-0.15, -0.1) is 0 Å². The quantitative estimate of drug-likeness (QED) is 0.689. The summed E-state index contributed by atoms with van der Waals surface area (Å²) in [5.41, 5.74) is -0.910. The molecule has 3 aromatic heterocycles. The molecule has 1 aliphatic rings. The van der Waals surface area contributed by atoms with Gasteiger partial charge in [0.05, 0.1) is 17.9 Å². The molecule has 11 heteroatoms. The minimum atomic E-state index is -4.68. The number of carbonyl (C=O) groups is 1. The predicted molar refractivity (Wildman–Crippen MR) is 98.7 cm³/mol. The van der Waals surface area contributed by atoms with Crippen LogP contribution >= 0.6 is 11.6 Å². The number of halogens is 4. The van der Waals surface area contributed by atoms with E-state index in [1.54, 1.807) is 0 Å². The van der Waals surface area contributed by atoms with Crippen LogP contribution in [0.2, 0.25) is 5.15 Å². The van der Waals surface area contributed by atoms with Gasteiger partial charge in [0.25, 0.3) is 5.91 Å². The van der Waals surface area contributed by atoms with Gasteiger partial charge in [-0.05, 0) is 19.4 Å². The molecule has 0 aliphatic carbocycles. The predicted octanol–water partition coefficient (Wildman–Crippen LogP) is 3.65. The smallest absolute Gasteiger partial charge is 0.377 e. The van der Waals surface area contributed by atoms with Crippen LogP contribution in [0.5, 0.6) is 0 Å². The molecule has 1 N–H and O–H groups in total. The summed E-state index contributed by atoms with van der Waals surface area (Å²) in [5.74, 6) is -0.515. The molecule has 1 fully saturated rings. The molecule has 4 rings (SSSR count). The molecule has 0 radical (unpaired) electrons. The summed E-state index contributed by atoms with van der Waals surface area (Å²) >= 11 is 6.31. The number of imidazole rings is 1. The molecule has 29 heavy (non-hydrogen) atoms. The molecule has 3 aromatic rings. The van der Waals surface area contributed by atoms with E-state index in [1.807, 2.05) is 6.92 Å². The second-order valence-electron chi connectivity index (χ2n) is 6.69. The molecule has 154 valence electrons. The zero-order valence-electron chi connectivity index (χ0n) is 15.3. The molecule has 1 saturated heterocycles. The number of H-pyrrole nitrogens is 1. The number of hydrogen-bond donors (Lipinski definition) is 1. The maximum atomic E-state index is 13.7. The third-order valence-corrected chi connectivity index (χ3v) is 5.20. The van der Waals surface area contributed by atoms with Crippen LogP contribution in [-0.2, 0) is 10.9 Å².